The summed E-state index contributed by atoms with van der Waals surface area (Å²) in [4.78, 5) is 71.0. The van der Waals surface area contributed by atoms with E-state index < -0.39 is 25.7 Å². The highest BCUT2D eigenvalue weighted by Gasteiger charge is 2.39. The number of piperidine rings is 1. The van der Waals surface area contributed by atoms with Crippen molar-refractivity contribution in [2.45, 2.75) is 83.5 Å². The minimum absolute atomic E-state index is 0.0141. The van der Waals surface area contributed by atoms with Crippen molar-refractivity contribution in [3.63, 3.8) is 0 Å². The van der Waals surface area contributed by atoms with E-state index in [1.54, 1.807) is 36.1 Å². The van der Waals surface area contributed by atoms with Crippen molar-refractivity contribution in [2.24, 2.45) is 0 Å². The molecule has 4 aromatic carbocycles. The number of methoxy groups -OCH3 is 2. The van der Waals surface area contributed by atoms with Crippen molar-refractivity contribution in [3.8, 4) is 34.0 Å². The third kappa shape index (κ3) is 9.66. The molecule has 0 radical (unpaired) electrons. The van der Waals surface area contributed by atoms with Gasteiger partial charge in [0.1, 0.15) is 45.8 Å². The second kappa shape index (κ2) is 19.1. The topological polar surface area (TPSA) is 190 Å². The monoisotopic (exact) mass is 1020 g/mol. The molecule has 7 aromatic rings. The number of nitrogens with one attached hydrogen (secondary N) is 3. The molecule has 2 saturated heterocycles. The van der Waals surface area contributed by atoms with Gasteiger partial charge in [-0.1, -0.05) is 54.9 Å². The molecule has 3 atom stereocenters. The summed E-state index contributed by atoms with van der Waals surface area (Å²) in [6, 6.07) is 17.2. The molecular formula is C50H56BrFN8O8Si. The highest BCUT2D eigenvalue weighted by molar-refractivity contribution is 9.10. The number of esters is 1. The van der Waals surface area contributed by atoms with Crippen molar-refractivity contribution in [1.82, 2.24) is 39.5 Å². The molecule has 0 amide bonds. The Hall–Kier alpha value is -5.99. The van der Waals surface area contributed by atoms with Crippen LogP contribution in [0.3, 0.4) is 0 Å². The molecule has 3 aliphatic rings. The summed E-state index contributed by atoms with van der Waals surface area (Å²) in [5, 5.41) is 3.75. The number of para-hydroxylation sites is 1. The predicted molar refractivity (Wildman–Crippen MR) is 269 cm³/mol. The molecule has 3 aromatic heterocycles. The van der Waals surface area contributed by atoms with Gasteiger partial charge < -0.3 is 28.6 Å². The number of H-pyrrole nitrogens is 3. The summed E-state index contributed by atoms with van der Waals surface area (Å²) < 4.78 is 40.7. The summed E-state index contributed by atoms with van der Waals surface area (Å²) in [6.07, 6.45) is 3.34. The molecule has 6 bridgehead atoms. The molecule has 10 rings (SSSR count). The van der Waals surface area contributed by atoms with Gasteiger partial charge in [0.25, 0.3) is 25.0 Å². The number of hydrogen-bond donors (Lipinski definition) is 3. The number of aromatic nitrogens is 6. The second-order valence-electron chi connectivity index (χ2n) is 19.5. The van der Waals surface area contributed by atoms with E-state index in [4.69, 9.17) is 18.9 Å². The van der Waals surface area contributed by atoms with Crippen LogP contribution in [0.15, 0.2) is 79.5 Å². The van der Waals surface area contributed by atoms with E-state index >= 15 is 4.39 Å². The zero-order valence-corrected chi connectivity index (χ0v) is 42.3. The number of benzene rings is 4. The fraction of sp³-hybridized carbons (Fsp3) is 0.400. The molecule has 2 fully saturated rings. The molecule has 2 unspecified atom stereocenters. The highest BCUT2D eigenvalue weighted by atomic mass is 79.9. The summed E-state index contributed by atoms with van der Waals surface area (Å²) in [7, 11) is 0.718. The van der Waals surface area contributed by atoms with Crippen molar-refractivity contribution >= 4 is 63.2 Å². The van der Waals surface area contributed by atoms with Gasteiger partial charge in [-0.15, -0.1) is 0 Å². The van der Waals surface area contributed by atoms with Crippen LogP contribution in [-0.4, -0.2) is 113 Å². The standard InChI is InChI=1S/C28H32N6O4.C22H24BrFN2O4Si/c1-37-18-4-3-8-33(15-18)14-17-12-22-26-23(13-17)38-19-7-9-32(16-19)10-11-34-28(36)21-6-2-5-20(24(21)31-34)25(30-26)27(35)29-22;1-22(2,3)31(5,6)30-16-11-12(23)10-15-19(16)26-18(20(27)25-15)13-8-7-9-14(17(13)24)21(28)29-4/h2,5-6,12-13,18-19,31H,3-4,7-11,14-16H2,1H3,(H,29,35);7-11H,1-6H3,(H,25,27)/t18-,19?;/m1./s1. The molecule has 69 heavy (non-hydrogen) atoms. The zero-order chi connectivity index (χ0) is 48.9. The van der Waals surface area contributed by atoms with Crippen molar-refractivity contribution in [2.75, 3.05) is 46.9 Å². The lowest BCUT2D eigenvalue weighted by molar-refractivity contribution is 0.0285. The third-order valence-corrected chi connectivity index (χ3v) is 18.6. The van der Waals surface area contributed by atoms with Crippen LogP contribution < -0.4 is 25.8 Å². The Labute approximate surface area is 406 Å². The quantitative estimate of drug-likeness (QED) is 0.103. The lowest BCUT2D eigenvalue weighted by Crippen LogP contribution is -2.44. The number of halogens is 2. The number of nitrogens with zero attached hydrogens (tertiary/aromatic N) is 5. The van der Waals surface area contributed by atoms with Crippen LogP contribution in [-0.2, 0) is 22.6 Å². The Morgan fingerprint density at radius 1 is 0.884 bits per heavy atom. The molecule has 3 aliphatic heterocycles. The third-order valence-electron chi connectivity index (χ3n) is 13.8. The van der Waals surface area contributed by atoms with Crippen LogP contribution in [0.1, 0.15) is 56.0 Å². The first-order chi connectivity index (χ1) is 32.9. The van der Waals surface area contributed by atoms with Crippen molar-refractivity contribution in [1.29, 1.82) is 0 Å². The number of likely N-dealkylation sites (tertiary alicyclic amines) is 1. The van der Waals surface area contributed by atoms with E-state index in [0.29, 0.717) is 56.6 Å². The molecule has 16 nitrogen and oxygen atoms in total. The van der Waals surface area contributed by atoms with Gasteiger partial charge in [0.05, 0.1) is 47.3 Å². The van der Waals surface area contributed by atoms with Crippen LogP contribution in [0.5, 0.6) is 11.5 Å². The first kappa shape index (κ1) is 48.0. The molecule has 6 heterocycles. The Kier molecular flexibility index (Phi) is 13.3. The Morgan fingerprint density at radius 3 is 2.33 bits per heavy atom. The predicted octanol–water partition coefficient (Wildman–Crippen LogP) is 7.97. The van der Waals surface area contributed by atoms with Gasteiger partial charge in [0.2, 0.25) is 0 Å². The number of rotatable bonds is 7. The number of ether oxygens (including phenoxy) is 3. The van der Waals surface area contributed by atoms with Gasteiger partial charge in [-0.2, -0.15) is 0 Å². The van der Waals surface area contributed by atoms with Gasteiger partial charge in [0, 0.05) is 55.4 Å². The van der Waals surface area contributed by atoms with Gasteiger partial charge in [-0.05, 0) is 92.0 Å². The van der Waals surface area contributed by atoms with E-state index in [1.807, 2.05) is 12.1 Å². The molecule has 0 saturated carbocycles. The number of carbonyl (C=O) groups is 1. The smallest absolute Gasteiger partial charge is 0.340 e. The SMILES string of the molecule is COC(=O)c1cccc(-c2nc3c(O[Si](C)(C)C(C)(C)C)cc(Br)cc3[nH]c2=O)c1F.CO[C@@H]1CCCN(Cc2cc3c4nc(c(=O)[nH]c4c2)-c2cccc4c(=O)n([nH]c24)CCN2CCC(C2)O3)C1. The van der Waals surface area contributed by atoms with Gasteiger partial charge in [-0.25, -0.2) is 19.2 Å². The maximum absolute atomic E-state index is 15.0. The zero-order valence-electron chi connectivity index (χ0n) is 39.8. The van der Waals surface area contributed by atoms with Crippen LogP contribution >= 0.6 is 15.9 Å². The Bertz CT molecular complexity index is 3310. The maximum atomic E-state index is 15.0. The molecule has 0 aliphatic carbocycles. The fourth-order valence-electron chi connectivity index (χ4n) is 9.04. The minimum atomic E-state index is -2.22. The van der Waals surface area contributed by atoms with Crippen molar-refractivity contribution in [3.05, 3.63) is 113 Å². The summed E-state index contributed by atoms with van der Waals surface area (Å²) in [5.74, 6) is -0.506. The lowest BCUT2D eigenvalue weighted by atomic mass is 10.1. The average molecular weight is 1020 g/mol. The summed E-state index contributed by atoms with van der Waals surface area (Å²) in [6.45, 7) is 16.2. The summed E-state index contributed by atoms with van der Waals surface area (Å²) >= 11 is 3.45. The number of aromatic amines is 3. The summed E-state index contributed by atoms with van der Waals surface area (Å²) in [5.41, 5.74) is 3.29. The van der Waals surface area contributed by atoms with Gasteiger partial charge in [0.15, 0.2) is 0 Å². The largest absolute Gasteiger partial charge is 0.542 e. The second-order valence-corrected chi connectivity index (χ2v) is 25.1. The fourth-order valence-corrected chi connectivity index (χ4v) is 10.5. The van der Waals surface area contributed by atoms with E-state index in [0.717, 1.165) is 75.7 Å². The van der Waals surface area contributed by atoms with E-state index in [-0.39, 0.29) is 50.9 Å². The first-order valence-electron chi connectivity index (χ1n) is 23.1. The van der Waals surface area contributed by atoms with E-state index in [1.165, 1.54) is 18.2 Å². The van der Waals surface area contributed by atoms with Crippen LogP contribution in [0.25, 0.3) is 55.5 Å². The molecule has 19 heteroatoms. The van der Waals surface area contributed by atoms with E-state index in [9.17, 15) is 19.2 Å². The molecule has 362 valence electrons. The van der Waals surface area contributed by atoms with Crippen LogP contribution in [0, 0.1) is 5.82 Å². The molecule has 0 spiro atoms. The average Bonchev–Trinajstić information content (AvgIpc) is 3.90. The Morgan fingerprint density at radius 2 is 1.59 bits per heavy atom. The minimum Gasteiger partial charge on any atom is -0.542 e. The Balaban J connectivity index is 0.000000176. The van der Waals surface area contributed by atoms with E-state index in [2.05, 4.69) is 90.4 Å². The first-order valence-corrected chi connectivity index (χ1v) is 26.8. The normalized spacial score (nSPS) is 18.5. The number of fused-ring (bicyclic) bond motifs is 6. The van der Waals surface area contributed by atoms with Crippen LogP contribution in [0.2, 0.25) is 18.1 Å². The van der Waals surface area contributed by atoms with Crippen molar-refractivity contribution < 1.29 is 27.8 Å². The number of hydrogen-bond acceptors (Lipinski definition) is 12. The maximum Gasteiger partial charge on any atom is 0.340 e. The highest BCUT2D eigenvalue weighted by Crippen LogP contribution is 2.40. The number of carbonyl (C=O) groups excluding carboxylic acids is 1. The van der Waals surface area contributed by atoms with Gasteiger partial charge >= 0.3 is 5.97 Å². The lowest BCUT2D eigenvalue weighted by Gasteiger charge is -2.36. The van der Waals surface area contributed by atoms with Gasteiger partial charge in [-0.3, -0.25) is 34.0 Å². The van der Waals surface area contributed by atoms with Crippen LogP contribution in [0.4, 0.5) is 4.39 Å². The molecule has 3 N–H and O–H groups in total. The molecular weight excluding hydrogens is 968 g/mol.